The van der Waals surface area contributed by atoms with Gasteiger partial charge in [0, 0.05) is 24.4 Å². The van der Waals surface area contributed by atoms with Crippen molar-refractivity contribution in [2.45, 2.75) is 38.8 Å². The number of rotatable bonds is 3. The van der Waals surface area contributed by atoms with Crippen LogP contribution in [0.4, 0.5) is 5.69 Å². The lowest BCUT2D eigenvalue weighted by atomic mass is 9.89. The number of phenols is 1. The monoisotopic (exact) mass is 221 g/mol. The predicted octanol–water partition coefficient (Wildman–Crippen LogP) is 2.60. The van der Waals surface area contributed by atoms with Gasteiger partial charge >= 0.3 is 0 Å². The van der Waals surface area contributed by atoms with Crippen LogP contribution >= 0.6 is 0 Å². The molecule has 1 saturated carbocycles. The molecule has 1 aromatic carbocycles. The molecule has 88 valence electrons. The highest BCUT2D eigenvalue weighted by atomic mass is 16.5. The van der Waals surface area contributed by atoms with E-state index in [9.17, 15) is 5.11 Å². The molecule has 3 heteroatoms. The summed E-state index contributed by atoms with van der Waals surface area (Å²) in [6.45, 7) is 3.85. The number of phenolic OH excluding ortho intramolecular Hbond substituents is 1. The van der Waals surface area contributed by atoms with Gasteiger partial charge < -0.3 is 15.2 Å². The zero-order valence-electron chi connectivity index (χ0n) is 10.1. The molecule has 0 aliphatic heterocycles. The van der Waals surface area contributed by atoms with E-state index in [-0.39, 0.29) is 0 Å². The van der Waals surface area contributed by atoms with Crippen molar-refractivity contribution in [2.24, 2.45) is 0 Å². The Balaban J connectivity index is 2.03. The number of benzene rings is 1. The van der Waals surface area contributed by atoms with Gasteiger partial charge in [0.15, 0.2) is 0 Å². The Kier molecular flexibility index (Phi) is 3.06. The van der Waals surface area contributed by atoms with E-state index in [0.29, 0.717) is 17.9 Å². The predicted molar refractivity (Wildman–Crippen MR) is 65.0 cm³/mol. The van der Waals surface area contributed by atoms with E-state index in [2.05, 4.69) is 5.32 Å². The van der Waals surface area contributed by atoms with Crippen molar-refractivity contribution in [3.8, 4) is 5.75 Å². The molecule has 1 aliphatic rings. The molecule has 0 aromatic heterocycles. The summed E-state index contributed by atoms with van der Waals surface area (Å²) in [5, 5.41) is 13.3. The van der Waals surface area contributed by atoms with Crippen molar-refractivity contribution in [2.75, 3.05) is 12.4 Å². The molecule has 0 bridgehead atoms. The van der Waals surface area contributed by atoms with Crippen LogP contribution in [0, 0.1) is 13.8 Å². The van der Waals surface area contributed by atoms with Gasteiger partial charge in [-0.15, -0.1) is 0 Å². The van der Waals surface area contributed by atoms with E-state index < -0.39 is 0 Å². The maximum absolute atomic E-state index is 9.82. The Morgan fingerprint density at radius 3 is 2.62 bits per heavy atom. The smallest absolute Gasteiger partial charge is 0.123 e. The van der Waals surface area contributed by atoms with Crippen molar-refractivity contribution in [1.29, 1.82) is 0 Å². The normalized spacial score (nSPS) is 23.9. The van der Waals surface area contributed by atoms with Crippen molar-refractivity contribution in [3.05, 3.63) is 23.3 Å². The van der Waals surface area contributed by atoms with Gasteiger partial charge in [0.1, 0.15) is 5.75 Å². The molecule has 0 spiro atoms. The number of aromatic hydroxyl groups is 1. The summed E-state index contributed by atoms with van der Waals surface area (Å²) in [5.74, 6) is 0.396. The van der Waals surface area contributed by atoms with Crippen LogP contribution in [0.1, 0.15) is 24.0 Å². The first-order valence-electron chi connectivity index (χ1n) is 5.70. The molecule has 3 nitrogen and oxygen atoms in total. The molecule has 16 heavy (non-hydrogen) atoms. The lowest BCUT2D eigenvalue weighted by Crippen LogP contribution is -2.40. The SMILES string of the molecule is COC1CC(Nc2ccc(C)c(O)c2C)C1. The van der Waals surface area contributed by atoms with Crippen molar-refractivity contribution < 1.29 is 9.84 Å². The van der Waals surface area contributed by atoms with E-state index in [1.54, 1.807) is 7.11 Å². The molecule has 0 radical (unpaired) electrons. The van der Waals surface area contributed by atoms with Crippen LogP contribution in [0.25, 0.3) is 0 Å². The van der Waals surface area contributed by atoms with Crippen LogP contribution in [-0.4, -0.2) is 24.4 Å². The van der Waals surface area contributed by atoms with Crippen LogP contribution < -0.4 is 5.32 Å². The molecule has 2 rings (SSSR count). The van der Waals surface area contributed by atoms with Crippen LogP contribution in [-0.2, 0) is 4.74 Å². The van der Waals surface area contributed by atoms with Crippen LogP contribution in [0.5, 0.6) is 5.75 Å². The molecule has 2 N–H and O–H groups in total. The number of anilines is 1. The molecular formula is C13H19NO2. The van der Waals surface area contributed by atoms with E-state index in [1.807, 2.05) is 26.0 Å². The Hall–Kier alpha value is -1.22. The Bertz CT molecular complexity index is 384. The fourth-order valence-electron chi connectivity index (χ4n) is 2.09. The maximum Gasteiger partial charge on any atom is 0.123 e. The quantitative estimate of drug-likeness (QED) is 0.824. The lowest BCUT2D eigenvalue weighted by molar-refractivity contribution is 0.0328. The second kappa shape index (κ2) is 4.34. The Morgan fingerprint density at radius 2 is 2.00 bits per heavy atom. The maximum atomic E-state index is 9.82. The average molecular weight is 221 g/mol. The van der Waals surface area contributed by atoms with E-state index in [0.717, 1.165) is 29.7 Å². The van der Waals surface area contributed by atoms with Crippen LogP contribution in [0.3, 0.4) is 0 Å². The first-order chi connectivity index (χ1) is 7.61. The minimum atomic E-state index is 0.396. The summed E-state index contributed by atoms with van der Waals surface area (Å²) in [6.07, 6.45) is 2.49. The van der Waals surface area contributed by atoms with Gasteiger partial charge in [0.25, 0.3) is 0 Å². The van der Waals surface area contributed by atoms with Gasteiger partial charge in [-0.3, -0.25) is 0 Å². The minimum absolute atomic E-state index is 0.396. The molecule has 0 amide bonds. The molecule has 1 fully saturated rings. The van der Waals surface area contributed by atoms with Crippen molar-refractivity contribution in [1.82, 2.24) is 0 Å². The second-order valence-corrected chi connectivity index (χ2v) is 4.57. The largest absolute Gasteiger partial charge is 0.507 e. The summed E-state index contributed by atoms with van der Waals surface area (Å²) < 4.78 is 5.24. The number of hydrogen-bond donors (Lipinski definition) is 2. The van der Waals surface area contributed by atoms with Crippen LogP contribution in [0.2, 0.25) is 0 Å². The number of aryl methyl sites for hydroxylation is 1. The Labute approximate surface area is 96.4 Å². The van der Waals surface area contributed by atoms with Gasteiger partial charge in [-0.2, -0.15) is 0 Å². The second-order valence-electron chi connectivity index (χ2n) is 4.57. The summed E-state index contributed by atoms with van der Waals surface area (Å²) in [7, 11) is 1.75. The van der Waals surface area contributed by atoms with Gasteiger partial charge in [-0.05, 0) is 38.3 Å². The average Bonchev–Trinajstić information content (AvgIpc) is 2.22. The standard InChI is InChI=1S/C13H19NO2/c1-8-4-5-12(9(2)13(8)15)14-10-6-11(7-10)16-3/h4-5,10-11,14-15H,6-7H2,1-3H3. The van der Waals surface area contributed by atoms with E-state index in [4.69, 9.17) is 4.74 Å². The molecule has 1 aliphatic carbocycles. The number of ether oxygens (including phenoxy) is 1. The summed E-state index contributed by atoms with van der Waals surface area (Å²) in [4.78, 5) is 0. The summed E-state index contributed by atoms with van der Waals surface area (Å²) in [5.41, 5.74) is 2.88. The minimum Gasteiger partial charge on any atom is -0.507 e. The topological polar surface area (TPSA) is 41.5 Å². The number of nitrogens with one attached hydrogen (secondary N) is 1. The first kappa shape index (κ1) is 11.3. The van der Waals surface area contributed by atoms with Crippen molar-refractivity contribution >= 4 is 5.69 Å². The molecule has 0 saturated heterocycles. The lowest BCUT2D eigenvalue weighted by Gasteiger charge is -2.35. The van der Waals surface area contributed by atoms with Gasteiger partial charge in [-0.25, -0.2) is 0 Å². The molecule has 0 atom stereocenters. The molecule has 1 aromatic rings. The van der Waals surface area contributed by atoms with Gasteiger partial charge in [0.2, 0.25) is 0 Å². The van der Waals surface area contributed by atoms with E-state index in [1.165, 1.54) is 0 Å². The van der Waals surface area contributed by atoms with Gasteiger partial charge in [-0.1, -0.05) is 6.07 Å². The third-order valence-corrected chi connectivity index (χ3v) is 3.42. The van der Waals surface area contributed by atoms with Crippen molar-refractivity contribution in [3.63, 3.8) is 0 Å². The summed E-state index contributed by atoms with van der Waals surface area (Å²) in [6, 6.07) is 4.45. The zero-order chi connectivity index (χ0) is 11.7. The Morgan fingerprint density at radius 1 is 1.31 bits per heavy atom. The first-order valence-corrected chi connectivity index (χ1v) is 5.70. The molecule has 0 heterocycles. The molecular weight excluding hydrogens is 202 g/mol. The third-order valence-electron chi connectivity index (χ3n) is 3.42. The van der Waals surface area contributed by atoms with E-state index >= 15 is 0 Å². The van der Waals surface area contributed by atoms with Gasteiger partial charge in [0.05, 0.1) is 6.10 Å². The zero-order valence-corrected chi connectivity index (χ0v) is 10.1. The number of methoxy groups -OCH3 is 1. The highest BCUT2D eigenvalue weighted by molar-refractivity contribution is 5.59. The highest BCUT2D eigenvalue weighted by Crippen LogP contribution is 2.32. The fourth-order valence-corrected chi connectivity index (χ4v) is 2.09. The third kappa shape index (κ3) is 2.00. The summed E-state index contributed by atoms with van der Waals surface area (Å²) >= 11 is 0. The fraction of sp³-hybridized carbons (Fsp3) is 0.538. The molecule has 0 unspecified atom stereocenters. The highest BCUT2D eigenvalue weighted by Gasteiger charge is 2.29. The van der Waals surface area contributed by atoms with Crippen LogP contribution in [0.15, 0.2) is 12.1 Å². The number of hydrogen-bond acceptors (Lipinski definition) is 3.